The van der Waals surface area contributed by atoms with Crippen LogP contribution in [0, 0.1) is 13.8 Å². The second kappa shape index (κ2) is 5.98. The van der Waals surface area contributed by atoms with Gasteiger partial charge in [-0.2, -0.15) is 0 Å². The van der Waals surface area contributed by atoms with Crippen LogP contribution >= 0.6 is 0 Å². The van der Waals surface area contributed by atoms with Crippen LogP contribution in [0.25, 0.3) is 0 Å². The van der Waals surface area contributed by atoms with E-state index in [1.54, 1.807) is 0 Å². The minimum absolute atomic E-state index is 0.234. The van der Waals surface area contributed by atoms with Crippen LogP contribution in [0.2, 0.25) is 0 Å². The lowest BCUT2D eigenvalue weighted by molar-refractivity contribution is 0.678. The molecule has 2 nitrogen and oxygen atoms in total. The van der Waals surface area contributed by atoms with Gasteiger partial charge in [-0.1, -0.05) is 30.7 Å². The first kappa shape index (κ1) is 13.8. The molecule has 0 aliphatic carbocycles. The van der Waals surface area contributed by atoms with Crippen molar-refractivity contribution < 1.29 is 0 Å². The fourth-order valence-electron chi connectivity index (χ4n) is 2.56. The predicted molar refractivity (Wildman–Crippen MR) is 80.4 cm³/mol. The van der Waals surface area contributed by atoms with Crippen molar-refractivity contribution in [1.82, 2.24) is 10.3 Å². The summed E-state index contributed by atoms with van der Waals surface area (Å²) < 4.78 is 0. The fourth-order valence-corrected chi connectivity index (χ4v) is 2.56. The van der Waals surface area contributed by atoms with Crippen LogP contribution in [0.5, 0.6) is 0 Å². The van der Waals surface area contributed by atoms with Gasteiger partial charge < -0.3 is 5.32 Å². The third-order valence-electron chi connectivity index (χ3n) is 3.67. The lowest BCUT2D eigenvalue weighted by Crippen LogP contribution is -2.20. The van der Waals surface area contributed by atoms with Crippen LogP contribution in [0.3, 0.4) is 0 Å². The first-order valence-electron chi connectivity index (χ1n) is 6.84. The summed E-state index contributed by atoms with van der Waals surface area (Å²) in [7, 11) is 2.02. The summed E-state index contributed by atoms with van der Waals surface area (Å²) in [5, 5.41) is 3.45. The third-order valence-corrected chi connectivity index (χ3v) is 3.67. The molecule has 19 heavy (non-hydrogen) atoms. The molecule has 0 bridgehead atoms. The Morgan fingerprint density at radius 2 is 1.95 bits per heavy atom. The Bertz CT molecular complexity index is 561. The molecule has 0 aliphatic rings. The zero-order valence-corrected chi connectivity index (χ0v) is 12.2. The van der Waals surface area contributed by atoms with E-state index in [1.165, 1.54) is 27.8 Å². The molecule has 0 radical (unpaired) electrons. The minimum atomic E-state index is 0.234. The zero-order valence-electron chi connectivity index (χ0n) is 12.2. The largest absolute Gasteiger partial charge is 0.309 e. The highest BCUT2D eigenvalue weighted by atomic mass is 14.9. The average molecular weight is 254 g/mol. The zero-order chi connectivity index (χ0) is 13.8. The molecule has 1 heterocycles. The molecule has 1 aromatic heterocycles. The number of nitrogens with one attached hydrogen (secondary N) is 1. The summed E-state index contributed by atoms with van der Waals surface area (Å²) in [5.74, 6) is 0. The number of hydrogen-bond acceptors (Lipinski definition) is 2. The summed E-state index contributed by atoms with van der Waals surface area (Å²) in [6.45, 7) is 6.49. The van der Waals surface area contributed by atoms with Crippen molar-refractivity contribution in [3.8, 4) is 0 Å². The van der Waals surface area contributed by atoms with Crippen LogP contribution in [-0.4, -0.2) is 12.0 Å². The van der Waals surface area contributed by atoms with Gasteiger partial charge in [-0.25, -0.2) is 0 Å². The number of aromatic nitrogens is 1. The van der Waals surface area contributed by atoms with Gasteiger partial charge in [0.25, 0.3) is 0 Å². The second-order valence-corrected chi connectivity index (χ2v) is 5.01. The molecule has 1 aromatic carbocycles. The van der Waals surface area contributed by atoms with Crippen molar-refractivity contribution in [2.75, 3.05) is 7.05 Å². The first-order valence-corrected chi connectivity index (χ1v) is 6.84. The van der Waals surface area contributed by atoms with Crippen LogP contribution in [0.1, 0.15) is 40.8 Å². The first-order chi connectivity index (χ1) is 9.17. The molecule has 0 amide bonds. The Morgan fingerprint density at radius 1 is 1.16 bits per heavy atom. The summed E-state index contributed by atoms with van der Waals surface area (Å²) in [6, 6.07) is 9.00. The van der Waals surface area contributed by atoms with E-state index in [4.69, 9.17) is 0 Å². The summed E-state index contributed by atoms with van der Waals surface area (Å²) in [6.07, 6.45) is 4.86. The van der Waals surface area contributed by atoms with Gasteiger partial charge in [-0.05, 0) is 55.6 Å². The number of pyridine rings is 1. The van der Waals surface area contributed by atoms with Crippen molar-refractivity contribution in [3.05, 3.63) is 64.5 Å². The Balaban J connectivity index is 2.53. The third kappa shape index (κ3) is 2.85. The molecule has 0 aliphatic heterocycles. The molecule has 0 saturated carbocycles. The smallest absolute Gasteiger partial charge is 0.0580 e. The van der Waals surface area contributed by atoms with E-state index in [-0.39, 0.29) is 6.04 Å². The minimum Gasteiger partial charge on any atom is -0.309 e. The standard InChI is InChI=1S/C17H22N2/c1-5-14-11-19-9-8-15(14)17(18-4)16-10-12(2)6-7-13(16)3/h6-11,17-18H,5H2,1-4H3. The molecule has 1 unspecified atom stereocenters. The highest BCUT2D eigenvalue weighted by molar-refractivity contribution is 5.41. The Kier molecular flexibility index (Phi) is 4.33. The van der Waals surface area contributed by atoms with Crippen LogP contribution in [-0.2, 0) is 6.42 Å². The number of benzene rings is 1. The molecule has 2 heteroatoms. The van der Waals surface area contributed by atoms with Crippen molar-refractivity contribution in [2.24, 2.45) is 0 Å². The molecule has 0 fully saturated rings. The quantitative estimate of drug-likeness (QED) is 0.902. The highest BCUT2D eigenvalue weighted by Crippen LogP contribution is 2.27. The van der Waals surface area contributed by atoms with Gasteiger partial charge in [0.1, 0.15) is 0 Å². The van der Waals surface area contributed by atoms with Gasteiger partial charge in [0.15, 0.2) is 0 Å². The molecule has 1 atom stereocenters. The topological polar surface area (TPSA) is 24.9 Å². The SMILES string of the molecule is CCc1cnccc1C(NC)c1cc(C)ccc1C. The van der Waals surface area contributed by atoms with Gasteiger partial charge in [-0.3, -0.25) is 4.98 Å². The van der Waals surface area contributed by atoms with Crippen molar-refractivity contribution in [3.63, 3.8) is 0 Å². The molecular formula is C17H22N2. The lowest BCUT2D eigenvalue weighted by atomic mass is 9.91. The van der Waals surface area contributed by atoms with Crippen molar-refractivity contribution >= 4 is 0 Å². The van der Waals surface area contributed by atoms with E-state index < -0.39 is 0 Å². The van der Waals surface area contributed by atoms with Crippen molar-refractivity contribution in [2.45, 2.75) is 33.2 Å². The van der Waals surface area contributed by atoms with Crippen LogP contribution in [0.4, 0.5) is 0 Å². The Labute approximate surface area is 115 Å². The Morgan fingerprint density at radius 3 is 2.63 bits per heavy atom. The van der Waals surface area contributed by atoms with Gasteiger partial charge in [-0.15, -0.1) is 0 Å². The number of aryl methyl sites for hydroxylation is 3. The molecular weight excluding hydrogens is 232 g/mol. The highest BCUT2D eigenvalue weighted by Gasteiger charge is 2.17. The monoisotopic (exact) mass is 254 g/mol. The van der Waals surface area contributed by atoms with E-state index in [1.807, 2.05) is 19.4 Å². The number of rotatable bonds is 4. The number of hydrogen-bond donors (Lipinski definition) is 1. The van der Waals surface area contributed by atoms with Gasteiger partial charge >= 0.3 is 0 Å². The average Bonchev–Trinajstić information content (AvgIpc) is 2.44. The molecule has 2 rings (SSSR count). The molecule has 1 N–H and O–H groups in total. The summed E-state index contributed by atoms with van der Waals surface area (Å²) in [5.41, 5.74) is 6.61. The second-order valence-electron chi connectivity index (χ2n) is 5.01. The maximum Gasteiger partial charge on any atom is 0.0580 e. The van der Waals surface area contributed by atoms with E-state index in [9.17, 15) is 0 Å². The summed E-state index contributed by atoms with van der Waals surface area (Å²) >= 11 is 0. The molecule has 100 valence electrons. The fraction of sp³-hybridized carbons (Fsp3) is 0.353. The summed E-state index contributed by atoms with van der Waals surface area (Å²) in [4.78, 5) is 4.24. The maximum atomic E-state index is 4.24. The van der Waals surface area contributed by atoms with E-state index in [2.05, 4.69) is 55.3 Å². The molecule has 0 spiro atoms. The van der Waals surface area contributed by atoms with E-state index >= 15 is 0 Å². The van der Waals surface area contributed by atoms with Gasteiger partial charge in [0, 0.05) is 12.4 Å². The maximum absolute atomic E-state index is 4.24. The number of nitrogens with zero attached hydrogens (tertiary/aromatic N) is 1. The van der Waals surface area contributed by atoms with E-state index in [0.29, 0.717) is 0 Å². The molecule has 0 saturated heterocycles. The van der Waals surface area contributed by atoms with Gasteiger partial charge in [0.05, 0.1) is 6.04 Å². The van der Waals surface area contributed by atoms with Crippen LogP contribution in [0.15, 0.2) is 36.7 Å². The molecule has 2 aromatic rings. The normalized spacial score (nSPS) is 12.4. The predicted octanol–water partition coefficient (Wildman–Crippen LogP) is 3.57. The van der Waals surface area contributed by atoms with Gasteiger partial charge in [0.2, 0.25) is 0 Å². The Hall–Kier alpha value is -1.67. The van der Waals surface area contributed by atoms with Crippen molar-refractivity contribution in [1.29, 1.82) is 0 Å². The van der Waals surface area contributed by atoms with Crippen LogP contribution < -0.4 is 5.32 Å². The van der Waals surface area contributed by atoms with E-state index in [0.717, 1.165) is 6.42 Å². The lowest BCUT2D eigenvalue weighted by Gasteiger charge is -2.22.